The van der Waals surface area contributed by atoms with Gasteiger partial charge in [0, 0.05) is 23.2 Å². The quantitative estimate of drug-likeness (QED) is 0.647. The van der Waals surface area contributed by atoms with E-state index in [2.05, 4.69) is 15.3 Å². The first kappa shape index (κ1) is 21.6. The summed E-state index contributed by atoms with van der Waals surface area (Å²) in [4.78, 5) is 20.5. The van der Waals surface area contributed by atoms with Gasteiger partial charge in [0.25, 0.3) is 5.91 Å². The third-order valence-electron chi connectivity index (χ3n) is 5.78. The van der Waals surface area contributed by atoms with Crippen molar-refractivity contribution in [2.45, 2.75) is 37.4 Å². The Bertz CT molecular complexity index is 1030. The summed E-state index contributed by atoms with van der Waals surface area (Å²) in [6.45, 7) is 0. The summed E-state index contributed by atoms with van der Waals surface area (Å²) in [5.74, 6) is -0.177. The van der Waals surface area contributed by atoms with E-state index in [0.717, 1.165) is 43.3 Å². The first-order valence-electron chi connectivity index (χ1n) is 9.82. The number of anilines is 1. The SMILES string of the molecule is NC1=NC2(c3cc(NC(=O)c4ccc(C(F)(F)F)nc4)ccc3F)CCCCC2CS1. The summed E-state index contributed by atoms with van der Waals surface area (Å²) in [5.41, 5.74) is 4.80. The summed E-state index contributed by atoms with van der Waals surface area (Å²) in [7, 11) is 0. The molecular weight excluding hydrogens is 432 g/mol. The molecule has 0 radical (unpaired) electrons. The number of thioether (sulfide) groups is 1. The second-order valence-corrected chi connectivity index (χ2v) is 8.75. The topological polar surface area (TPSA) is 80.4 Å². The molecule has 1 aliphatic carbocycles. The summed E-state index contributed by atoms with van der Waals surface area (Å²) in [6, 6.07) is 6.02. The van der Waals surface area contributed by atoms with Gasteiger partial charge in [-0.15, -0.1) is 0 Å². The van der Waals surface area contributed by atoms with Crippen LogP contribution in [-0.4, -0.2) is 21.8 Å². The molecule has 164 valence electrons. The number of alkyl halides is 3. The van der Waals surface area contributed by atoms with Crippen LogP contribution in [0.25, 0.3) is 0 Å². The van der Waals surface area contributed by atoms with Crippen LogP contribution >= 0.6 is 11.8 Å². The number of pyridine rings is 1. The Kier molecular flexibility index (Phi) is 5.67. The van der Waals surface area contributed by atoms with Crippen molar-refractivity contribution in [3.8, 4) is 0 Å². The number of fused-ring (bicyclic) bond motifs is 1. The number of aliphatic imine (C=N–C) groups is 1. The lowest BCUT2D eigenvalue weighted by atomic mass is 9.69. The number of benzene rings is 1. The molecule has 1 aliphatic heterocycles. The van der Waals surface area contributed by atoms with Crippen molar-refractivity contribution in [1.82, 2.24) is 4.98 Å². The maximum atomic E-state index is 14.9. The van der Waals surface area contributed by atoms with E-state index in [1.807, 2.05) is 0 Å². The molecule has 10 heteroatoms. The lowest BCUT2D eigenvalue weighted by Crippen LogP contribution is -2.43. The van der Waals surface area contributed by atoms with Crippen molar-refractivity contribution in [3.63, 3.8) is 0 Å². The minimum atomic E-state index is -4.59. The van der Waals surface area contributed by atoms with Crippen molar-refractivity contribution < 1.29 is 22.4 Å². The molecule has 1 saturated carbocycles. The third kappa shape index (κ3) is 4.26. The van der Waals surface area contributed by atoms with Gasteiger partial charge in [-0.05, 0) is 49.1 Å². The van der Waals surface area contributed by atoms with E-state index in [1.54, 1.807) is 6.07 Å². The van der Waals surface area contributed by atoms with Gasteiger partial charge in [0.1, 0.15) is 11.5 Å². The molecule has 3 N–H and O–H groups in total. The molecule has 5 nitrogen and oxygen atoms in total. The van der Waals surface area contributed by atoms with Crippen LogP contribution in [0.4, 0.5) is 23.2 Å². The van der Waals surface area contributed by atoms with E-state index >= 15 is 0 Å². The van der Waals surface area contributed by atoms with Crippen LogP contribution in [-0.2, 0) is 11.7 Å². The van der Waals surface area contributed by atoms with Gasteiger partial charge in [0.2, 0.25) is 0 Å². The van der Waals surface area contributed by atoms with Gasteiger partial charge in [-0.2, -0.15) is 13.2 Å². The fourth-order valence-electron chi connectivity index (χ4n) is 4.26. The molecule has 31 heavy (non-hydrogen) atoms. The highest BCUT2D eigenvalue weighted by molar-refractivity contribution is 8.13. The van der Waals surface area contributed by atoms with Gasteiger partial charge in [-0.25, -0.2) is 4.39 Å². The molecule has 0 spiro atoms. The number of rotatable bonds is 3. The number of amidine groups is 1. The molecule has 4 rings (SSSR count). The minimum Gasteiger partial charge on any atom is -0.379 e. The molecule has 2 heterocycles. The summed E-state index contributed by atoms with van der Waals surface area (Å²) in [6.07, 6.45) is -0.210. The summed E-state index contributed by atoms with van der Waals surface area (Å²) < 4.78 is 52.9. The Morgan fingerprint density at radius 1 is 1.23 bits per heavy atom. The van der Waals surface area contributed by atoms with E-state index in [4.69, 9.17) is 5.73 Å². The Labute approximate surface area is 180 Å². The van der Waals surface area contributed by atoms with Crippen molar-refractivity contribution in [2.75, 3.05) is 11.1 Å². The fourth-order valence-corrected chi connectivity index (χ4v) is 5.30. The molecular formula is C21H20F4N4OS. The predicted octanol–water partition coefficient (Wildman–Crippen LogP) is 4.94. The van der Waals surface area contributed by atoms with E-state index in [-0.39, 0.29) is 11.5 Å². The Hall–Kier alpha value is -2.62. The number of aromatic nitrogens is 1. The third-order valence-corrected chi connectivity index (χ3v) is 6.74. The summed E-state index contributed by atoms with van der Waals surface area (Å²) in [5, 5.41) is 3.03. The number of carbonyl (C=O) groups is 1. The van der Waals surface area contributed by atoms with Gasteiger partial charge in [-0.3, -0.25) is 14.8 Å². The van der Waals surface area contributed by atoms with E-state index in [1.165, 1.54) is 23.9 Å². The van der Waals surface area contributed by atoms with Gasteiger partial charge in [-0.1, -0.05) is 24.6 Å². The fraction of sp³-hybridized carbons (Fsp3) is 0.381. The van der Waals surface area contributed by atoms with E-state index < -0.39 is 29.1 Å². The van der Waals surface area contributed by atoms with Crippen LogP contribution in [0.3, 0.4) is 0 Å². The van der Waals surface area contributed by atoms with Gasteiger partial charge >= 0.3 is 6.18 Å². The molecule has 1 aromatic heterocycles. The molecule has 0 bridgehead atoms. The monoisotopic (exact) mass is 452 g/mol. The van der Waals surface area contributed by atoms with Gasteiger partial charge in [0.05, 0.1) is 11.1 Å². The van der Waals surface area contributed by atoms with Crippen molar-refractivity contribution in [3.05, 3.63) is 59.2 Å². The highest BCUT2D eigenvalue weighted by Gasteiger charge is 2.46. The van der Waals surface area contributed by atoms with Crippen LogP contribution in [0.15, 0.2) is 41.5 Å². The lowest BCUT2D eigenvalue weighted by molar-refractivity contribution is -0.141. The molecule has 1 fully saturated rings. The predicted molar refractivity (Wildman–Crippen MR) is 111 cm³/mol. The Balaban J connectivity index is 1.62. The maximum absolute atomic E-state index is 14.9. The number of amides is 1. The normalized spacial score (nSPS) is 23.6. The second kappa shape index (κ2) is 8.14. The molecule has 0 saturated heterocycles. The minimum absolute atomic E-state index is 0.0380. The number of nitrogens with two attached hydrogens (primary N) is 1. The van der Waals surface area contributed by atoms with E-state index in [0.29, 0.717) is 22.8 Å². The van der Waals surface area contributed by atoms with Crippen molar-refractivity contribution >= 4 is 28.5 Å². The smallest absolute Gasteiger partial charge is 0.379 e. The largest absolute Gasteiger partial charge is 0.433 e. The van der Waals surface area contributed by atoms with Crippen LogP contribution in [0.2, 0.25) is 0 Å². The van der Waals surface area contributed by atoms with Gasteiger partial charge < -0.3 is 11.1 Å². The Morgan fingerprint density at radius 3 is 2.74 bits per heavy atom. The average Bonchev–Trinajstić information content (AvgIpc) is 2.74. The molecule has 2 aliphatic rings. The highest BCUT2D eigenvalue weighted by Crippen LogP contribution is 2.50. The summed E-state index contributed by atoms with van der Waals surface area (Å²) >= 11 is 1.47. The first-order chi connectivity index (χ1) is 14.7. The molecule has 1 aromatic carbocycles. The van der Waals surface area contributed by atoms with Crippen LogP contribution in [0.1, 0.15) is 47.3 Å². The number of halogens is 4. The lowest BCUT2D eigenvalue weighted by Gasteiger charge is -2.44. The van der Waals surface area contributed by atoms with E-state index in [9.17, 15) is 22.4 Å². The Morgan fingerprint density at radius 2 is 2.03 bits per heavy atom. The van der Waals surface area contributed by atoms with Gasteiger partial charge in [0.15, 0.2) is 5.17 Å². The van der Waals surface area contributed by atoms with Crippen LogP contribution in [0, 0.1) is 11.7 Å². The highest BCUT2D eigenvalue weighted by atomic mass is 32.2. The number of carbonyl (C=O) groups excluding carboxylic acids is 1. The molecule has 2 unspecified atom stereocenters. The van der Waals surface area contributed by atoms with Crippen molar-refractivity contribution in [2.24, 2.45) is 16.6 Å². The molecule has 1 amide bonds. The van der Waals surface area contributed by atoms with Crippen LogP contribution in [0.5, 0.6) is 0 Å². The average molecular weight is 452 g/mol. The molecule has 2 atom stereocenters. The van der Waals surface area contributed by atoms with Crippen molar-refractivity contribution in [1.29, 1.82) is 0 Å². The zero-order valence-corrected chi connectivity index (χ0v) is 17.2. The number of hydrogen-bond donors (Lipinski definition) is 2. The first-order valence-corrected chi connectivity index (χ1v) is 10.8. The maximum Gasteiger partial charge on any atom is 0.433 e. The second-order valence-electron chi connectivity index (χ2n) is 7.71. The van der Waals surface area contributed by atoms with Crippen LogP contribution < -0.4 is 11.1 Å². The number of nitrogens with zero attached hydrogens (tertiary/aromatic N) is 2. The standard InChI is InChI=1S/C21H20F4N4OS/c22-16-6-5-14(28-18(30)12-4-7-17(27-10-12)21(23,24)25)9-15(16)20-8-2-1-3-13(20)11-31-19(26)29-20/h4-7,9-10,13H,1-3,8,11H2,(H2,26,29)(H,28,30). The number of hydrogen-bond acceptors (Lipinski definition) is 5. The number of nitrogens with one attached hydrogen (secondary N) is 1. The zero-order valence-electron chi connectivity index (χ0n) is 16.4. The molecule has 2 aromatic rings. The zero-order chi connectivity index (χ0) is 22.2.